The van der Waals surface area contributed by atoms with Crippen molar-refractivity contribution in [1.82, 2.24) is 19.9 Å². The molecule has 0 aliphatic heterocycles. The molecule has 12 heteroatoms. The summed E-state index contributed by atoms with van der Waals surface area (Å²) in [4.78, 5) is 33.6. The smallest absolute Gasteiger partial charge is 0.444 e. The van der Waals surface area contributed by atoms with Crippen molar-refractivity contribution >= 4 is 43.6 Å². The minimum atomic E-state index is -1.75. The molecule has 0 amide bonds. The predicted molar refractivity (Wildman–Crippen MR) is 134 cm³/mol. The molecule has 0 radical (unpaired) electrons. The van der Waals surface area contributed by atoms with Gasteiger partial charge in [0.2, 0.25) is 0 Å². The Morgan fingerprint density at radius 2 is 0.750 bits per heavy atom. The molecule has 0 aliphatic carbocycles. The number of benzene rings is 2. The van der Waals surface area contributed by atoms with Crippen LogP contribution in [0.5, 0.6) is 0 Å². The van der Waals surface area contributed by atoms with E-state index in [2.05, 4.69) is 68.5 Å². The summed E-state index contributed by atoms with van der Waals surface area (Å²) in [5.74, 6) is 0. The van der Waals surface area contributed by atoms with Gasteiger partial charge < -0.3 is 25.4 Å². The quantitative estimate of drug-likeness (QED) is 0.0731. The number of rotatable bonds is 0. The molecule has 4 heterocycles. The van der Waals surface area contributed by atoms with Crippen LogP contribution >= 0.6 is 0 Å². The van der Waals surface area contributed by atoms with Crippen LogP contribution in [0.4, 0.5) is 0 Å². The SMILES string of the molecule is O=N[O-].O=[N+]([O-])[O-].[Cd+2].c1cnc2c(c1)ccc1cccnc12.c1cnc2c(c1)ccc1cccnc12. The second-order valence-electron chi connectivity index (χ2n) is 6.73. The number of aromatic nitrogens is 4. The average molecular weight is 581 g/mol. The molecule has 2 aromatic carbocycles. The summed E-state index contributed by atoms with van der Waals surface area (Å²) in [6, 6.07) is 24.3. The number of pyridine rings is 4. The molecule has 11 nitrogen and oxygen atoms in total. The van der Waals surface area contributed by atoms with Crippen LogP contribution in [0.1, 0.15) is 0 Å². The number of fused-ring (bicyclic) bond motifs is 6. The van der Waals surface area contributed by atoms with Crippen LogP contribution in [0.25, 0.3) is 43.6 Å². The molecular weight excluding hydrogens is 565 g/mol. The van der Waals surface area contributed by atoms with E-state index in [1.165, 1.54) is 0 Å². The first-order valence-electron chi connectivity index (χ1n) is 9.98. The van der Waals surface area contributed by atoms with Gasteiger partial charge in [0.15, 0.2) is 0 Å². The number of nitrogens with zero attached hydrogens (tertiary/aromatic N) is 6. The normalized spacial score (nSPS) is 9.44. The van der Waals surface area contributed by atoms with Crippen LogP contribution in [0.15, 0.2) is 103 Å². The van der Waals surface area contributed by atoms with Gasteiger partial charge in [0.25, 0.3) is 0 Å². The van der Waals surface area contributed by atoms with Gasteiger partial charge in [-0.25, -0.2) is 0 Å². The van der Waals surface area contributed by atoms with E-state index < -0.39 is 5.09 Å². The molecule has 0 fully saturated rings. The Morgan fingerprint density at radius 1 is 0.556 bits per heavy atom. The van der Waals surface area contributed by atoms with E-state index in [0.29, 0.717) is 0 Å². The second-order valence-corrected chi connectivity index (χ2v) is 6.73. The first-order valence-corrected chi connectivity index (χ1v) is 9.98. The Balaban J connectivity index is 0.000000198. The van der Waals surface area contributed by atoms with Gasteiger partial charge in [0.1, 0.15) is 0 Å². The van der Waals surface area contributed by atoms with Crippen molar-refractivity contribution in [3.05, 3.63) is 123 Å². The number of hydrogen-bond acceptors (Lipinski definition) is 10. The molecular formula is C24H16CdN6O5. The molecule has 0 saturated carbocycles. The van der Waals surface area contributed by atoms with E-state index in [9.17, 15) is 0 Å². The van der Waals surface area contributed by atoms with Crippen LogP contribution in [0.3, 0.4) is 0 Å². The molecule has 0 spiro atoms. The van der Waals surface area contributed by atoms with Gasteiger partial charge >= 0.3 is 27.3 Å². The Kier molecular flexibility index (Phi) is 10.9. The molecule has 174 valence electrons. The van der Waals surface area contributed by atoms with Crippen LogP contribution in [0, 0.1) is 25.4 Å². The summed E-state index contributed by atoms with van der Waals surface area (Å²) in [5.41, 5.74) is 3.91. The second kappa shape index (κ2) is 14.1. The standard InChI is InChI=1S/2C12H8N2.Cd.NO3.HNO2/c2*1-3-9-5-6-10-4-2-8-14-12(10)11(9)13-7-1;;2-1(3)4;2-1-3/h2*1-8H;;;(H,2,3)/q;;+2;-1;/p-1. The van der Waals surface area contributed by atoms with Crippen molar-refractivity contribution in [2.75, 3.05) is 0 Å². The van der Waals surface area contributed by atoms with Crippen LogP contribution in [-0.2, 0) is 27.3 Å². The molecule has 0 aliphatic rings. The predicted octanol–water partition coefficient (Wildman–Crippen LogP) is 5.58. The van der Waals surface area contributed by atoms with E-state index in [-0.39, 0.29) is 27.3 Å². The van der Waals surface area contributed by atoms with Gasteiger partial charge in [-0.15, -0.1) is 5.34 Å². The zero-order valence-electron chi connectivity index (χ0n) is 18.7. The van der Waals surface area contributed by atoms with Gasteiger partial charge in [0, 0.05) is 46.3 Å². The van der Waals surface area contributed by atoms with Crippen molar-refractivity contribution in [1.29, 1.82) is 0 Å². The minimum Gasteiger partial charge on any atom is -0.444 e. The fraction of sp³-hybridized carbons (Fsp3) is 0. The van der Waals surface area contributed by atoms with Crippen LogP contribution < -0.4 is 0 Å². The minimum absolute atomic E-state index is 0. The Hall–Kier alpha value is -4.40. The summed E-state index contributed by atoms with van der Waals surface area (Å²) < 4.78 is 0. The van der Waals surface area contributed by atoms with Gasteiger partial charge in [-0.05, 0) is 24.3 Å². The van der Waals surface area contributed by atoms with Crippen LogP contribution in [-0.4, -0.2) is 25.0 Å². The maximum atomic E-state index is 8.25. The van der Waals surface area contributed by atoms with E-state index >= 15 is 0 Å². The molecule has 0 N–H and O–H groups in total. The zero-order chi connectivity index (χ0) is 25.0. The zero-order valence-corrected chi connectivity index (χ0v) is 22.7. The third-order valence-electron chi connectivity index (χ3n) is 4.69. The average Bonchev–Trinajstić information content (AvgIpc) is 2.89. The van der Waals surface area contributed by atoms with E-state index in [1.807, 2.05) is 24.3 Å². The Bertz CT molecular complexity index is 1380. The molecule has 6 aromatic rings. The van der Waals surface area contributed by atoms with Crippen molar-refractivity contribution in [2.24, 2.45) is 5.34 Å². The monoisotopic (exact) mass is 582 g/mol. The van der Waals surface area contributed by atoms with E-state index in [1.54, 1.807) is 24.8 Å². The van der Waals surface area contributed by atoms with Gasteiger partial charge in [-0.3, -0.25) is 19.9 Å². The third kappa shape index (κ3) is 7.30. The van der Waals surface area contributed by atoms with Crippen molar-refractivity contribution in [3.63, 3.8) is 0 Å². The Labute approximate surface area is 223 Å². The summed E-state index contributed by atoms with van der Waals surface area (Å²) in [7, 11) is 0. The molecule has 0 atom stereocenters. The summed E-state index contributed by atoms with van der Waals surface area (Å²) in [5, 5.41) is 28.3. The molecule has 0 unspecified atom stereocenters. The van der Waals surface area contributed by atoms with Crippen molar-refractivity contribution in [2.45, 2.75) is 0 Å². The van der Waals surface area contributed by atoms with Gasteiger partial charge in [-0.2, -0.15) is 0 Å². The Morgan fingerprint density at radius 3 is 0.944 bits per heavy atom. The molecule has 4 aromatic heterocycles. The van der Waals surface area contributed by atoms with Crippen molar-refractivity contribution < 1.29 is 32.4 Å². The van der Waals surface area contributed by atoms with Gasteiger partial charge in [-0.1, -0.05) is 48.5 Å². The van der Waals surface area contributed by atoms with E-state index in [4.69, 9.17) is 25.4 Å². The number of hydrogen-bond donors (Lipinski definition) is 0. The van der Waals surface area contributed by atoms with Crippen LogP contribution in [0.2, 0.25) is 0 Å². The third-order valence-corrected chi connectivity index (χ3v) is 4.69. The summed E-state index contributed by atoms with van der Waals surface area (Å²) in [6.45, 7) is 0. The molecule has 36 heavy (non-hydrogen) atoms. The fourth-order valence-electron chi connectivity index (χ4n) is 3.36. The first kappa shape index (κ1) is 27.8. The largest absolute Gasteiger partial charge is 2.00 e. The topological polar surface area (TPSA) is 170 Å². The van der Waals surface area contributed by atoms with Crippen molar-refractivity contribution in [3.8, 4) is 0 Å². The fourth-order valence-corrected chi connectivity index (χ4v) is 3.36. The summed E-state index contributed by atoms with van der Waals surface area (Å²) in [6.07, 6.45) is 7.21. The molecule has 6 rings (SSSR count). The van der Waals surface area contributed by atoms with Gasteiger partial charge in [0.05, 0.1) is 27.2 Å². The summed E-state index contributed by atoms with van der Waals surface area (Å²) >= 11 is 0. The molecule has 0 saturated heterocycles. The maximum Gasteiger partial charge on any atom is 2.00 e. The first-order chi connectivity index (χ1) is 17.0. The maximum absolute atomic E-state index is 8.25. The molecule has 0 bridgehead atoms. The van der Waals surface area contributed by atoms with E-state index in [0.717, 1.165) is 49.0 Å².